The van der Waals surface area contributed by atoms with E-state index in [1.165, 1.54) is 18.4 Å². The first-order valence-electron chi connectivity index (χ1n) is 7.10. The van der Waals surface area contributed by atoms with Crippen LogP contribution < -0.4 is 0 Å². The van der Waals surface area contributed by atoms with Gasteiger partial charge in [0.05, 0.1) is 18.1 Å². The molecule has 2 aromatic rings. The molecule has 0 fully saturated rings. The largest absolute Gasteiger partial charge is 0.466 e. The fourth-order valence-electron chi connectivity index (χ4n) is 2.41. The minimum atomic E-state index is -0.605. The monoisotopic (exact) mass is 459 g/mol. The second-order valence-electron chi connectivity index (χ2n) is 5.02. The van der Waals surface area contributed by atoms with Crippen molar-refractivity contribution in [3.63, 3.8) is 0 Å². The quantitative estimate of drug-likeness (QED) is 0.378. The predicted octanol–water partition coefficient (Wildman–Crippen LogP) is 4.66. The number of hydrogen-bond donors (Lipinski definition) is 0. The molecule has 5 nitrogen and oxygen atoms in total. The van der Waals surface area contributed by atoms with Crippen LogP contribution in [0, 0.1) is 0 Å². The predicted molar refractivity (Wildman–Crippen MR) is 104 cm³/mol. The van der Waals surface area contributed by atoms with Crippen molar-refractivity contribution < 1.29 is 9.53 Å². The molecule has 0 saturated carbocycles. The van der Waals surface area contributed by atoms with Crippen LogP contribution in [0.5, 0.6) is 0 Å². The molecule has 2 heterocycles. The zero-order valence-electron chi connectivity index (χ0n) is 12.9. The lowest BCUT2D eigenvalue weighted by molar-refractivity contribution is -0.136. The van der Waals surface area contributed by atoms with E-state index in [1.54, 1.807) is 35.5 Å². The normalized spacial score (nSPS) is 17.1. The Labute approximate surface area is 167 Å². The Kier molecular flexibility index (Phi) is 5.78. The molecule has 1 aromatic carbocycles. The summed E-state index contributed by atoms with van der Waals surface area (Å²) in [6, 6.07) is 4.50. The third-order valence-corrected chi connectivity index (χ3v) is 5.42. The van der Waals surface area contributed by atoms with Crippen molar-refractivity contribution >= 4 is 62.3 Å². The maximum atomic E-state index is 12.3. The molecular formula is C16H12BrCl2N3O2S. The first-order valence-corrected chi connectivity index (χ1v) is 9.86. The van der Waals surface area contributed by atoms with Gasteiger partial charge in [-0.25, -0.2) is 9.78 Å². The van der Waals surface area contributed by atoms with E-state index in [4.69, 9.17) is 32.9 Å². The van der Waals surface area contributed by atoms with Crippen molar-refractivity contribution in [3.8, 4) is 0 Å². The fraction of sp³-hybridized carbons (Fsp3) is 0.188. The van der Waals surface area contributed by atoms with Gasteiger partial charge in [-0.15, -0.1) is 11.3 Å². The van der Waals surface area contributed by atoms with Crippen molar-refractivity contribution in [1.29, 1.82) is 0 Å². The van der Waals surface area contributed by atoms with Crippen LogP contribution >= 0.6 is 50.5 Å². The maximum Gasteiger partial charge on any atom is 0.337 e. The van der Waals surface area contributed by atoms with E-state index >= 15 is 0 Å². The molecule has 25 heavy (non-hydrogen) atoms. The highest BCUT2D eigenvalue weighted by Crippen LogP contribution is 2.37. The number of methoxy groups -OCH3 is 1. The standard InChI is InChI=1S/C16H12BrCl2N3O2S/c1-24-16(23)11-7-22(8-17)14(15-20-4-5-25-15)21-13(11)10-3-2-9(18)6-12(10)19/h2-7,13H,8H2,1H3. The average Bonchev–Trinajstić information content (AvgIpc) is 3.14. The third-order valence-electron chi connectivity index (χ3n) is 3.54. The molecule has 0 saturated heterocycles. The van der Waals surface area contributed by atoms with Gasteiger partial charge in [0.25, 0.3) is 0 Å². The molecule has 0 N–H and O–H groups in total. The Morgan fingerprint density at radius 3 is 2.84 bits per heavy atom. The number of aliphatic imine (C=N–C) groups is 1. The van der Waals surface area contributed by atoms with Crippen LogP contribution in [0.4, 0.5) is 0 Å². The van der Waals surface area contributed by atoms with Gasteiger partial charge in [0.1, 0.15) is 6.04 Å². The first kappa shape index (κ1) is 18.4. The number of halogens is 3. The molecule has 0 bridgehead atoms. The Bertz CT molecular complexity index is 855. The van der Waals surface area contributed by atoms with Crippen molar-refractivity contribution in [3.05, 3.63) is 62.2 Å². The van der Waals surface area contributed by atoms with Gasteiger partial charge >= 0.3 is 5.97 Å². The second kappa shape index (κ2) is 7.86. The molecule has 130 valence electrons. The van der Waals surface area contributed by atoms with E-state index in [-0.39, 0.29) is 0 Å². The molecule has 1 aliphatic heterocycles. The topological polar surface area (TPSA) is 54.8 Å². The van der Waals surface area contributed by atoms with Crippen LogP contribution in [-0.4, -0.2) is 34.3 Å². The smallest absolute Gasteiger partial charge is 0.337 e. The van der Waals surface area contributed by atoms with Gasteiger partial charge < -0.3 is 9.64 Å². The van der Waals surface area contributed by atoms with Crippen LogP contribution in [-0.2, 0) is 9.53 Å². The van der Waals surface area contributed by atoms with Gasteiger partial charge in [0.15, 0.2) is 10.8 Å². The van der Waals surface area contributed by atoms with Gasteiger partial charge in [-0.05, 0) is 12.1 Å². The summed E-state index contributed by atoms with van der Waals surface area (Å²) in [5.41, 5.74) is 1.50. The minimum Gasteiger partial charge on any atom is -0.466 e. The number of benzene rings is 1. The number of carbonyl (C=O) groups excluding carboxylic acids is 1. The van der Waals surface area contributed by atoms with Gasteiger partial charge in [0, 0.05) is 33.4 Å². The van der Waals surface area contributed by atoms with Crippen LogP contribution in [0.3, 0.4) is 0 Å². The van der Waals surface area contributed by atoms with E-state index in [2.05, 4.69) is 20.9 Å². The van der Waals surface area contributed by atoms with Crippen LogP contribution in [0.2, 0.25) is 10.0 Å². The summed E-state index contributed by atoms with van der Waals surface area (Å²) < 4.78 is 4.92. The lowest BCUT2D eigenvalue weighted by atomic mass is 9.98. The van der Waals surface area contributed by atoms with E-state index in [9.17, 15) is 4.79 Å². The van der Waals surface area contributed by atoms with E-state index < -0.39 is 12.0 Å². The summed E-state index contributed by atoms with van der Waals surface area (Å²) in [5.74, 6) is 0.180. The number of esters is 1. The third kappa shape index (κ3) is 3.74. The number of carbonyl (C=O) groups is 1. The molecule has 3 rings (SSSR count). The van der Waals surface area contributed by atoms with Crippen molar-refractivity contribution in [2.45, 2.75) is 6.04 Å². The Hall–Kier alpha value is -1.41. The molecule has 1 atom stereocenters. The number of hydrogen-bond acceptors (Lipinski definition) is 6. The number of nitrogens with zero attached hydrogens (tertiary/aromatic N) is 3. The highest BCUT2D eigenvalue weighted by Gasteiger charge is 2.32. The first-order chi connectivity index (χ1) is 12.0. The summed E-state index contributed by atoms with van der Waals surface area (Å²) in [6.45, 7) is 0. The Morgan fingerprint density at radius 2 is 2.24 bits per heavy atom. The molecule has 1 aromatic heterocycles. The Morgan fingerprint density at radius 1 is 1.44 bits per heavy atom. The number of thiazole rings is 1. The summed E-state index contributed by atoms with van der Waals surface area (Å²) in [4.78, 5) is 23.2. The van der Waals surface area contributed by atoms with Crippen molar-refractivity contribution in [1.82, 2.24) is 9.88 Å². The van der Waals surface area contributed by atoms with Gasteiger partial charge in [0.2, 0.25) is 0 Å². The summed E-state index contributed by atoms with van der Waals surface area (Å²) in [6.07, 6.45) is 3.42. The highest BCUT2D eigenvalue weighted by atomic mass is 79.9. The molecular weight excluding hydrogens is 449 g/mol. The van der Waals surface area contributed by atoms with E-state index in [0.717, 1.165) is 5.01 Å². The lowest BCUT2D eigenvalue weighted by Gasteiger charge is -2.28. The average molecular weight is 461 g/mol. The van der Waals surface area contributed by atoms with Crippen molar-refractivity contribution in [2.75, 3.05) is 12.6 Å². The summed E-state index contributed by atoms with van der Waals surface area (Å²) in [5, 5.41) is 3.56. The maximum absolute atomic E-state index is 12.3. The van der Waals surface area contributed by atoms with E-state index in [1.807, 2.05) is 5.38 Å². The number of aromatic nitrogens is 1. The fourth-order valence-corrected chi connectivity index (χ4v) is 3.95. The number of amidine groups is 1. The number of rotatable bonds is 4. The lowest BCUT2D eigenvalue weighted by Crippen LogP contribution is -2.32. The molecule has 0 aliphatic carbocycles. The highest BCUT2D eigenvalue weighted by molar-refractivity contribution is 9.09. The SMILES string of the molecule is COC(=O)C1=CN(CBr)C(c2nccs2)=NC1c1ccc(Cl)cc1Cl. The summed E-state index contributed by atoms with van der Waals surface area (Å²) in [7, 11) is 1.34. The second-order valence-corrected chi connectivity index (χ2v) is 7.26. The molecule has 0 spiro atoms. The molecule has 0 radical (unpaired) electrons. The van der Waals surface area contributed by atoms with Gasteiger partial charge in [-0.1, -0.05) is 45.2 Å². The van der Waals surface area contributed by atoms with Crippen molar-refractivity contribution in [2.24, 2.45) is 4.99 Å². The van der Waals surface area contributed by atoms with Crippen LogP contribution in [0.25, 0.3) is 0 Å². The number of alkyl halides is 1. The Balaban J connectivity index is 2.14. The van der Waals surface area contributed by atoms with Gasteiger partial charge in [-0.2, -0.15) is 0 Å². The van der Waals surface area contributed by atoms with Crippen LogP contribution in [0.15, 0.2) is 46.5 Å². The minimum absolute atomic E-state index is 0.381. The number of ether oxygens (including phenoxy) is 1. The molecule has 9 heteroatoms. The van der Waals surface area contributed by atoms with Crippen LogP contribution in [0.1, 0.15) is 16.6 Å². The molecule has 1 unspecified atom stereocenters. The van der Waals surface area contributed by atoms with Gasteiger partial charge in [-0.3, -0.25) is 4.99 Å². The van der Waals surface area contributed by atoms with E-state index in [0.29, 0.717) is 32.5 Å². The summed E-state index contributed by atoms with van der Waals surface area (Å²) >= 11 is 17.2. The molecule has 1 aliphatic rings. The zero-order valence-corrected chi connectivity index (χ0v) is 16.9. The zero-order chi connectivity index (χ0) is 18.0. The molecule has 0 amide bonds.